The normalized spacial score (nSPS) is 15.8. The molecule has 0 radical (unpaired) electrons. The van der Waals surface area contributed by atoms with Gasteiger partial charge in [0.25, 0.3) is 5.91 Å². The van der Waals surface area contributed by atoms with E-state index in [1.807, 2.05) is 31.0 Å². The van der Waals surface area contributed by atoms with E-state index in [1.54, 1.807) is 0 Å². The molecule has 1 aliphatic rings. The maximum absolute atomic E-state index is 12.6. The number of hydrogen-bond donors (Lipinski definition) is 1. The van der Waals surface area contributed by atoms with Gasteiger partial charge in [0.2, 0.25) is 0 Å². The van der Waals surface area contributed by atoms with Crippen LogP contribution in [-0.2, 0) is 0 Å². The van der Waals surface area contributed by atoms with E-state index in [2.05, 4.69) is 24.1 Å². The molecule has 0 aromatic carbocycles. The number of carbonyl (C=O) groups excluding carboxylic acids is 1. The second-order valence-electron chi connectivity index (χ2n) is 5.80. The second kappa shape index (κ2) is 6.25. The summed E-state index contributed by atoms with van der Waals surface area (Å²) in [5, 5.41) is 3.25. The lowest BCUT2D eigenvalue weighted by Gasteiger charge is -2.25. The molecule has 1 unspecified atom stereocenters. The Balaban J connectivity index is 2.13. The summed E-state index contributed by atoms with van der Waals surface area (Å²) in [4.78, 5) is 18.9. The van der Waals surface area contributed by atoms with Gasteiger partial charge in [-0.15, -0.1) is 0 Å². The van der Waals surface area contributed by atoms with Crippen LogP contribution >= 0.6 is 0 Å². The molecular weight excluding hydrogens is 250 g/mol. The SMILES string of the molecule is CCCNc1cc(C(=O)N(C)C(C)C2CC2)cc(C)n1. The Morgan fingerprint density at radius 2 is 2.20 bits per heavy atom. The molecule has 1 saturated carbocycles. The Labute approximate surface area is 121 Å². The summed E-state index contributed by atoms with van der Waals surface area (Å²) >= 11 is 0. The molecule has 0 saturated heterocycles. The highest BCUT2D eigenvalue weighted by atomic mass is 16.2. The van der Waals surface area contributed by atoms with Crippen LogP contribution in [0.1, 0.15) is 49.2 Å². The zero-order chi connectivity index (χ0) is 14.7. The Bertz CT molecular complexity index is 483. The van der Waals surface area contributed by atoms with Gasteiger partial charge in [-0.2, -0.15) is 0 Å². The minimum Gasteiger partial charge on any atom is -0.370 e. The predicted octanol–water partition coefficient (Wildman–Crippen LogP) is 3.08. The van der Waals surface area contributed by atoms with Gasteiger partial charge in [0.05, 0.1) is 0 Å². The van der Waals surface area contributed by atoms with Crippen molar-refractivity contribution in [3.05, 3.63) is 23.4 Å². The molecule has 1 aromatic rings. The summed E-state index contributed by atoms with van der Waals surface area (Å²) in [7, 11) is 1.90. The largest absolute Gasteiger partial charge is 0.370 e. The molecule has 1 amide bonds. The molecule has 4 heteroatoms. The van der Waals surface area contributed by atoms with Gasteiger partial charge in [0, 0.05) is 30.9 Å². The van der Waals surface area contributed by atoms with Gasteiger partial charge in [-0.3, -0.25) is 4.79 Å². The molecule has 1 aliphatic carbocycles. The minimum atomic E-state index is 0.0921. The van der Waals surface area contributed by atoms with Crippen LogP contribution < -0.4 is 5.32 Å². The Hall–Kier alpha value is -1.58. The molecule has 1 heterocycles. The van der Waals surface area contributed by atoms with Gasteiger partial charge in [0.1, 0.15) is 5.82 Å². The van der Waals surface area contributed by atoms with Crippen LogP contribution in [0.15, 0.2) is 12.1 Å². The van der Waals surface area contributed by atoms with Gasteiger partial charge >= 0.3 is 0 Å². The van der Waals surface area contributed by atoms with Crippen LogP contribution in [0.2, 0.25) is 0 Å². The lowest BCUT2D eigenvalue weighted by molar-refractivity contribution is 0.0727. The third-order valence-electron chi connectivity index (χ3n) is 3.99. The standard InChI is InChI=1S/C16H25N3O/c1-5-8-17-15-10-14(9-11(2)18-15)16(20)19(4)12(3)13-6-7-13/h9-10,12-13H,5-8H2,1-4H3,(H,17,18). The number of amides is 1. The minimum absolute atomic E-state index is 0.0921. The van der Waals surface area contributed by atoms with E-state index in [-0.39, 0.29) is 5.91 Å². The van der Waals surface area contributed by atoms with Gasteiger partial charge in [-0.05, 0) is 51.2 Å². The zero-order valence-electron chi connectivity index (χ0n) is 12.9. The molecule has 1 atom stereocenters. The van der Waals surface area contributed by atoms with Crippen molar-refractivity contribution in [2.24, 2.45) is 5.92 Å². The number of nitrogens with zero attached hydrogens (tertiary/aromatic N) is 2. The molecule has 20 heavy (non-hydrogen) atoms. The number of pyridine rings is 1. The summed E-state index contributed by atoms with van der Waals surface area (Å²) in [6.45, 7) is 7.05. The lowest BCUT2D eigenvalue weighted by Crippen LogP contribution is -2.36. The average molecular weight is 275 g/mol. The number of aromatic nitrogens is 1. The van der Waals surface area contributed by atoms with E-state index in [0.29, 0.717) is 12.0 Å². The third-order valence-corrected chi connectivity index (χ3v) is 3.99. The molecule has 110 valence electrons. The van der Waals surface area contributed by atoms with Gasteiger partial charge in [0.15, 0.2) is 0 Å². The summed E-state index contributed by atoms with van der Waals surface area (Å²) in [6, 6.07) is 4.06. The molecule has 1 N–H and O–H groups in total. The average Bonchev–Trinajstić information content (AvgIpc) is 3.26. The van der Waals surface area contributed by atoms with Gasteiger partial charge < -0.3 is 10.2 Å². The topological polar surface area (TPSA) is 45.2 Å². The number of rotatable bonds is 6. The number of anilines is 1. The first-order valence-electron chi connectivity index (χ1n) is 7.52. The summed E-state index contributed by atoms with van der Waals surface area (Å²) in [5.41, 5.74) is 1.60. The van der Waals surface area contributed by atoms with Crippen LogP contribution in [0.4, 0.5) is 5.82 Å². The molecule has 4 nitrogen and oxygen atoms in total. The van der Waals surface area contributed by atoms with Crippen LogP contribution in [-0.4, -0.2) is 35.4 Å². The number of aryl methyl sites for hydroxylation is 1. The quantitative estimate of drug-likeness (QED) is 0.867. The molecular formula is C16H25N3O. The maximum atomic E-state index is 12.6. The number of hydrogen-bond acceptors (Lipinski definition) is 3. The van der Waals surface area contributed by atoms with E-state index in [9.17, 15) is 4.79 Å². The summed E-state index contributed by atoms with van der Waals surface area (Å²) < 4.78 is 0. The van der Waals surface area contributed by atoms with Crippen LogP contribution in [0, 0.1) is 12.8 Å². The molecule has 0 aliphatic heterocycles. The Morgan fingerprint density at radius 1 is 1.50 bits per heavy atom. The highest BCUT2D eigenvalue weighted by molar-refractivity contribution is 5.95. The van der Waals surface area contributed by atoms with Crippen molar-refractivity contribution < 1.29 is 4.79 Å². The van der Waals surface area contributed by atoms with Crippen molar-refractivity contribution in [1.29, 1.82) is 0 Å². The summed E-state index contributed by atoms with van der Waals surface area (Å²) in [6.07, 6.45) is 3.53. The molecule has 0 bridgehead atoms. The molecule has 0 spiro atoms. The second-order valence-corrected chi connectivity index (χ2v) is 5.80. The van der Waals surface area contributed by atoms with E-state index in [0.717, 1.165) is 30.0 Å². The number of nitrogens with one attached hydrogen (secondary N) is 1. The van der Waals surface area contributed by atoms with Crippen molar-refractivity contribution in [2.45, 2.75) is 46.1 Å². The predicted molar refractivity (Wildman–Crippen MR) is 82.0 cm³/mol. The monoisotopic (exact) mass is 275 g/mol. The van der Waals surface area contributed by atoms with E-state index >= 15 is 0 Å². The van der Waals surface area contributed by atoms with Crippen molar-refractivity contribution in [2.75, 3.05) is 18.9 Å². The van der Waals surface area contributed by atoms with Gasteiger partial charge in [-0.25, -0.2) is 4.98 Å². The van der Waals surface area contributed by atoms with Crippen LogP contribution in [0.5, 0.6) is 0 Å². The number of carbonyl (C=O) groups is 1. The zero-order valence-corrected chi connectivity index (χ0v) is 12.9. The van der Waals surface area contributed by atoms with E-state index in [4.69, 9.17) is 0 Å². The fourth-order valence-electron chi connectivity index (χ4n) is 2.42. The summed E-state index contributed by atoms with van der Waals surface area (Å²) in [5.74, 6) is 1.57. The van der Waals surface area contributed by atoms with Crippen molar-refractivity contribution in [3.63, 3.8) is 0 Å². The highest BCUT2D eigenvalue weighted by Crippen LogP contribution is 2.35. The molecule has 2 rings (SSSR count). The van der Waals surface area contributed by atoms with Crippen LogP contribution in [0.3, 0.4) is 0 Å². The first-order chi connectivity index (χ1) is 9.52. The Morgan fingerprint density at radius 3 is 2.80 bits per heavy atom. The maximum Gasteiger partial charge on any atom is 0.254 e. The molecule has 1 aromatic heterocycles. The highest BCUT2D eigenvalue weighted by Gasteiger charge is 2.32. The van der Waals surface area contributed by atoms with E-state index < -0.39 is 0 Å². The smallest absolute Gasteiger partial charge is 0.254 e. The third kappa shape index (κ3) is 3.50. The van der Waals surface area contributed by atoms with E-state index in [1.165, 1.54) is 12.8 Å². The first-order valence-corrected chi connectivity index (χ1v) is 7.52. The lowest BCUT2D eigenvalue weighted by atomic mass is 10.1. The Kier molecular flexibility index (Phi) is 4.63. The van der Waals surface area contributed by atoms with Crippen LogP contribution in [0.25, 0.3) is 0 Å². The van der Waals surface area contributed by atoms with Crippen molar-refractivity contribution in [3.8, 4) is 0 Å². The van der Waals surface area contributed by atoms with Gasteiger partial charge in [-0.1, -0.05) is 6.92 Å². The first kappa shape index (κ1) is 14.8. The fourth-order valence-corrected chi connectivity index (χ4v) is 2.42. The van der Waals surface area contributed by atoms with Crippen molar-refractivity contribution in [1.82, 2.24) is 9.88 Å². The van der Waals surface area contributed by atoms with Crippen molar-refractivity contribution >= 4 is 11.7 Å². The molecule has 1 fully saturated rings. The fraction of sp³-hybridized carbons (Fsp3) is 0.625.